The summed E-state index contributed by atoms with van der Waals surface area (Å²) in [6.45, 7) is 0.522. The number of hydrogen-bond donors (Lipinski definition) is 1. The highest BCUT2D eigenvalue weighted by Gasteiger charge is 2.11. The third-order valence-corrected chi connectivity index (χ3v) is 3.21. The summed E-state index contributed by atoms with van der Waals surface area (Å²) in [5.74, 6) is 0.626. The molecule has 0 spiro atoms. The molecule has 94 valence electrons. The molecule has 0 radical (unpaired) electrons. The van der Waals surface area contributed by atoms with Crippen LogP contribution in [0.15, 0.2) is 36.4 Å². The van der Waals surface area contributed by atoms with E-state index in [1.165, 1.54) is 0 Å². The Bertz CT molecular complexity index is 552. The van der Waals surface area contributed by atoms with Crippen LogP contribution < -0.4 is 10.5 Å². The molecule has 0 fully saturated rings. The quantitative estimate of drug-likeness (QED) is 0.918. The lowest BCUT2D eigenvalue weighted by molar-refractivity contribution is 0.416. The van der Waals surface area contributed by atoms with Crippen molar-refractivity contribution in [3.8, 4) is 16.9 Å². The summed E-state index contributed by atoms with van der Waals surface area (Å²) in [5, 5.41) is 1.08. The summed E-state index contributed by atoms with van der Waals surface area (Å²) in [6, 6.07) is 11.4. The first-order valence-electron chi connectivity index (χ1n) is 5.48. The van der Waals surface area contributed by atoms with Crippen molar-refractivity contribution in [3.05, 3.63) is 52.0 Å². The number of halogens is 2. The number of nitrogens with two attached hydrogens (primary N) is 1. The van der Waals surface area contributed by atoms with Crippen LogP contribution in [0.3, 0.4) is 0 Å². The average molecular weight is 282 g/mol. The van der Waals surface area contributed by atoms with Crippen molar-refractivity contribution in [2.75, 3.05) is 7.11 Å². The largest absolute Gasteiger partial charge is 0.495 e. The molecular formula is C14H13Cl2NO. The van der Waals surface area contributed by atoms with Gasteiger partial charge in [0.1, 0.15) is 5.75 Å². The first kappa shape index (κ1) is 13.2. The minimum atomic E-state index is 0.503. The molecule has 2 nitrogen and oxygen atoms in total. The molecule has 2 aromatic rings. The maximum atomic E-state index is 6.11. The Morgan fingerprint density at radius 2 is 1.78 bits per heavy atom. The SMILES string of the molecule is COc1c(Cl)cc(Cl)cc1-c1ccc(CN)cc1. The fourth-order valence-electron chi connectivity index (χ4n) is 1.80. The molecule has 2 rings (SSSR count). The van der Waals surface area contributed by atoms with E-state index >= 15 is 0 Å². The summed E-state index contributed by atoms with van der Waals surface area (Å²) in [5.41, 5.74) is 8.52. The van der Waals surface area contributed by atoms with Crippen LogP contribution >= 0.6 is 23.2 Å². The third-order valence-electron chi connectivity index (χ3n) is 2.71. The van der Waals surface area contributed by atoms with E-state index in [0.717, 1.165) is 16.7 Å². The summed E-state index contributed by atoms with van der Waals surface area (Å²) >= 11 is 12.1. The van der Waals surface area contributed by atoms with E-state index < -0.39 is 0 Å². The Hall–Kier alpha value is -1.22. The summed E-state index contributed by atoms with van der Waals surface area (Å²) in [4.78, 5) is 0. The number of benzene rings is 2. The van der Waals surface area contributed by atoms with Gasteiger partial charge in [0, 0.05) is 17.1 Å². The molecular weight excluding hydrogens is 269 g/mol. The van der Waals surface area contributed by atoms with Crippen LogP contribution in [0.25, 0.3) is 11.1 Å². The highest BCUT2D eigenvalue weighted by molar-refractivity contribution is 6.36. The lowest BCUT2D eigenvalue weighted by atomic mass is 10.0. The molecule has 0 aliphatic carbocycles. The molecule has 2 aromatic carbocycles. The van der Waals surface area contributed by atoms with Gasteiger partial charge in [-0.3, -0.25) is 0 Å². The molecule has 0 atom stereocenters. The lowest BCUT2D eigenvalue weighted by Crippen LogP contribution is -1.95. The van der Waals surface area contributed by atoms with Crippen molar-refractivity contribution in [1.82, 2.24) is 0 Å². The topological polar surface area (TPSA) is 35.2 Å². The first-order chi connectivity index (χ1) is 8.65. The molecule has 4 heteroatoms. The predicted molar refractivity (Wildman–Crippen MR) is 76.3 cm³/mol. The lowest BCUT2D eigenvalue weighted by Gasteiger charge is -2.11. The van der Waals surface area contributed by atoms with Crippen molar-refractivity contribution >= 4 is 23.2 Å². The van der Waals surface area contributed by atoms with Crippen LogP contribution in [0.2, 0.25) is 10.0 Å². The van der Waals surface area contributed by atoms with Gasteiger partial charge >= 0.3 is 0 Å². The second-order valence-electron chi connectivity index (χ2n) is 3.87. The van der Waals surface area contributed by atoms with E-state index in [-0.39, 0.29) is 0 Å². The van der Waals surface area contributed by atoms with Crippen molar-refractivity contribution in [2.45, 2.75) is 6.54 Å². The van der Waals surface area contributed by atoms with Crippen molar-refractivity contribution in [1.29, 1.82) is 0 Å². The van der Waals surface area contributed by atoms with Crippen LogP contribution in [0, 0.1) is 0 Å². The second-order valence-corrected chi connectivity index (χ2v) is 4.71. The van der Waals surface area contributed by atoms with Gasteiger partial charge in [-0.25, -0.2) is 0 Å². The molecule has 0 bridgehead atoms. The maximum Gasteiger partial charge on any atom is 0.145 e. The molecule has 2 N–H and O–H groups in total. The number of rotatable bonds is 3. The van der Waals surface area contributed by atoms with Gasteiger partial charge in [-0.2, -0.15) is 0 Å². The fraction of sp³-hybridized carbons (Fsp3) is 0.143. The normalized spacial score (nSPS) is 10.4. The van der Waals surface area contributed by atoms with E-state index in [4.69, 9.17) is 33.7 Å². The Labute approximate surface area is 116 Å². The molecule has 0 aliphatic rings. The average Bonchev–Trinajstić information content (AvgIpc) is 2.38. The van der Waals surface area contributed by atoms with E-state index in [9.17, 15) is 0 Å². The zero-order valence-corrected chi connectivity index (χ0v) is 11.4. The van der Waals surface area contributed by atoms with Gasteiger partial charge in [-0.05, 0) is 23.3 Å². The van der Waals surface area contributed by atoms with Crippen LogP contribution in [0.5, 0.6) is 5.75 Å². The van der Waals surface area contributed by atoms with Crippen LogP contribution in [-0.2, 0) is 6.54 Å². The first-order valence-corrected chi connectivity index (χ1v) is 6.23. The Morgan fingerprint density at radius 1 is 1.11 bits per heavy atom. The monoisotopic (exact) mass is 281 g/mol. The van der Waals surface area contributed by atoms with Crippen molar-refractivity contribution in [3.63, 3.8) is 0 Å². The Balaban J connectivity index is 2.54. The number of ether oxygens (including phenoxy) is 1. The fourth-order valence-corrected chi connectivity index (χ4v) is 2.37. The molecule has 0 heterocycles. The van der Waals surface area contributed by atoms with Gasteiger partial charge in [-0.1, -0.05) is 47.5 Å². The zero-order valence-electron chi connectivity index (χ0n) is 9.91. The molecule has 0 aromatic heterocycles. The molecule has 0 saturated carbocycles. The van der Waals surface area contributed by atoms with E-state index in [1.54, 1.807) is 13.2 Å². The summed E-state index contributed by atoms with van der Waals surface area (Å²) in [7, 11) is 1.59. The summed E-state index contributed by atoms with van der Waals surface area (Å²) < 4.78 is 5.33. The zero-order chi connectivity index (χ0) is 13.1. The standard InChI is InChI=1S/C14H13Cl2NO/c1-18-14-12(6-11(15)7-13(14)16)10-4-2-9(8-17)3-5-10/h2-7H,8,17H2,1H3. The molecule has 0 aliphatic heterocycles. The molecule has 0 amide bonds. The van der Waals surface area contributed by atoms with E-state index in [2.05, 4.69) is 0 Å². The van der Waals surface area contributed by atoms with Crippen molar-refractivity contribution in [2.24, 2.45) is 5.73 Å². The second kappa shape index (κ2) is 5.61. The highest BCUT2D eigenvalue weighted by Crippen LogP contribution is 2.38. The van der Waals surface area contributed by atoms with Gasteiger partial charge in [-0.15, -0.1) is 0 Å². The highest BCUT2D eigenvalue weighted by atomic mass is 35.5. The molecule has 18 heavy (non-hydrogen) atoms. The van der Waals surface area contributed by atoms with Gasteiger partial charge in [0.2, 0.25) is 0 Å². The van der Waals surface area contributed by atoms with E-state index in [0.29, 0.717) is 22.3 Å². The molecule has 0 saturated heterocycles. The number of hydrogen-bond acceptors (Lipinski definition) is 2. The van der Waals surface area contributed by atoms with Crippen molar-refractivity contribution < 1.29 is 4.74 Å². The number of methoxy groups -OCH3 is 1. The predicted octanol–water partition coefficient (Wildman–Crippen LogP) is 4.13. The molecule has 0 unspecified atom stereocenters. The smallest absolute Gasteiger partial charge is 0.145 e. The van der Waals surface area contributed by atoms with Crippen LogP contribution in [0.1, 0.15) is 5.56 Å². The minimum absolute atomic E-state index is 0.503. The third kappa shape index (κ3) is 2.61. The van der Waals surface area contributed by atoms with Crippen LogP contribution in [-0.4, -0.2) is 7.11 Å². The van der Waals surface area contributed by atoms with Gasteiger partial charge in [0.05, 0.1) is 12.1 Å². The minimum Gasteiger partial charge on any atom is -0.495 e. The van der Waals surface area contributed by atoms with Gasteiger partial charge in [0.15, 0.2) is 0 Å². The van der Waals surface area contributed by atoms with Crippen LogP contribution in [0.4, 0.5) is 0 Å². The Morgan fingerprint density at radius 3 is 2.33 bits per heavy atom. The maximum absolute atomic E-state index is 6.11. The van der Waals surface area contributed by atoms with E-state index in [1.807, 2.05) is 30.3 Å². The summed E-state index contributed by atoms with van der Waals surface area (Å²) in [6.07, 6.45) is 0. The van der Waals surface area contributed by atoms with Gasteiger partial charge in [0.25, 0.3) is 0 Å². The van der Waals surface area contributed by atoms with Gasteiger partial charge < -0.3 is 10.5 Å². The Kier molecular flexibility index (Phi) is 4.12.